The van der Waals surface area contributed by atoms with Crippen LogP contribution in [0.2, 0.25) is 0 Å². The molecule has 0 atom stereocenters. The first-order chi connectivity index (χ1) is 22.3. The SMILES string of the molecule is c1ccc2c(-c3c4ccccc4c(-c4cccc5c4ccc4ccccc45)c4ccccc34)c3oc4ccccc4c3cc2c1. The van der Waals surface area contributed by atoms with E-state index >= 15 is 0 Å². The monoisotopic (exact) mass is 570 g/mol. The number of hydrogen-bond donors (Lipinski definition) is 0. The summed E-state index contributed by atoms with van der Waals surface area (Å²) in [7, 11) is 0. The molecule has 0 amide bonds. The average molecular weight is 571 g/mol. The topological polar surface area (TPSA) is 13.1 Å². The Morgan fingerprint density at radius 1 is 0.289 bits per heavy atom. The molecule has 45 heavy (non-hydrogen) atoms. The molecule has 10 rings (SSSR count). The molecule has 1 heterocycles. The van der Waals surface area contributed by atoms with Gasteiger partial charge in [-0.25, -0.2) is 0 Å². The molecule has 10 aromatic rings. The Kier molecular flexibility index (Phi) is 5.06. The van der Waals surface area contributed by atoms with E-state index in [4.69, 9.17) is 4.42 Å². The van der Waals surface area contributed by atoms with Crippen LogP contribution < -0.4 is 0 Å². The smallest absolute Gasteiger partial charge is 0.143 e. The molecule has 0 N–H and O–H groups in total. The van der Waals surface area contributed by atoms with Gasteiger partial charge in [-0.3, -0.25) is 0 Å². The Morgan fingerprint density at radius 2 is 0.844 bits per heavy atom. The lowest BCUT2D eigenvalue weighted by atomic mass is 9.83. The van der Waals surface area contributed by atoms with E-state index in [1.807, 2.05) is 0 Å². The largest absolute Gasteiger partial charge is 0.455 e. The van der Waals surface area contributed by atoms with Crippen molar-refractivity contribution in [3.63, 3.8) is 0 Å². The van der Waals surface area contributed by atoms with Crippen molar-refractivity contribution in [2.24, 2.45) is 0 Å². The number of rotatable bonds is 2. The lowest BCUT2D eigenvalue weighted by Gasteiger charge is -2.20. The minimum atomic E-state index is 0.914. The van der Waals surface area contributed by atoms with E-state index < -0.39 is 0 Å². The maximum Gasteiger partial charge on any atom is 0.143 e. The number of benzene rings is 9. The van der Waals surface area contributed by atoms with Crippen LogP contribution in [0, 0.1) is 0 Å². The van der Waals surface area contributed by atoms with Gasteiger partial charge in [0.15, 0.2) is 0 Å². The van der Waals surface area contributed by atoms with Crippen molar-refractivity contribution in [2.75, 3.05) is 0 Å². The van der Waals surface area contributed by atoms with Gasteiger partial charge in [0.1, 0.15) is 11.2 Å². The second kappa shape index (κ2) is 9.29. The zero-order chi connectivity index (χ0) is 29.5. The second-order valence-corrected chi connectivity index (χ2v) is 12.0. The lowest BCUT2D eigenvalue weighted by molar-refractivity contribution is 0.670. The van der Waals surface area contributed by atoms with Gasteiger partial charge in [-0.2, -0.15) is 0 Å². The molecule has 0 saturated carbocycles. The van der Waals surface area contributed by atoms with Gasteiger partial charge in [0.25, 0.3) is 0 Å². The van der Waals surface area contributed by atoms with Crippen molar-refractivity contribution in [3.05, 3.63) is 158 Å². The Bertz CT molecular complexity index is 2760. The van der Waals surface area contributed by atoms with E-state index in [0.29, 0.717) is 0 Å². The molecule has 0 aliphatic carbocycles. The van der Waals surface area contributed by atoms with Crippen LogP contribution in [0.3, 0.4) is 0 Å². The fraction of sp³-hybridized carbons (Fsp3) is 0. The molecular formula is C44H26O. The summed E-state index contributed by atoms with van der Waals surface area (Å²) >= 11 is 0. The number of hydrogen-bond acceptors (Lipinski definition) is 1. The Morgan fingerprint density at radius 3 is 1.58 bits per heavy atom. The normalized spacial score (nSPS) is 12.0. The average Bonchev–Trinajstić information content (AvgIpc) is 3.48. The third kappa shape index (κ3) is 3.44. The molecule has 0 spiro atoms. The van der Waals surface area contributed by atoms with Crippen LogP contribution in [0.15, 0.2) is 162 Å². The van der Waals surface area contributed by atoms with Gasteiger partial charge in [-0.1, -0.05) is 146 Å². The highest BCUT2D eigenvalue weighted by Gasteiger charge is 2.23. The Balaban J connectivity index is 1.41. The molecule has 1 heteroatoms. The van der Waals surface area contributed by atoms with E-state index in [1.165, 1.54) is 70.6 Å². The number of fused-ring (bicyclic) bond motifs is 9. The maximum atomic E-state index is 6.76. The van der Waals surface area contributed by atoms with Crippen molar-refractivity contribution >= 4 is 75.8 Å². The first-order valence-electron chi connectivity index (χ1n) is 15.5. The minimum Gasteiger partial charge on any atom is -0.455 e. The van der Waals surface area contributed by atoms with Crippen LogP contribution in [0.25, 0.3) is 98.1 Å². The van der Waals surface area contributed by atoms with Crippen LogP contribution in [-0.4, -0.2) is 0 Å². The zero-order valence-corrected chi connectivity index (χ0v) is 24.4. The van der Waals surface area contributed by atoms with Gasteiger partial charge in [-0.05, 0) is 77.1 Å². The van der Waals surface area contributed by atoms with Crippen molar-refractivity contribution in [1.29, 1.82) is 0 Å². The summed E-state index contributed by atoms with van der Waals surface area (Å²) in [5, 5.41) is 14.7. The third-order valence-electron chi connectivity index (χ3n) is 9.63. The first-order valence-corrected chi connectivity index (χ1v) is 15.5. The number of furan rings is 1. The summed E-state index contributed by atoms with van der Waals surface area (Å²) in [6.45, 7) is 0. The van der Waals surface area contributed by atoms with E-state index in [-0.39, 0.29) is 0 Å². The van der Waals surface area contributed by atoms with Gasteiger partial charge >= 0.3 is 0 Å². The van der Waals surface area contributed by atoms with Gasteiger partial charge < -0.3 is 4.42 Å². The summed E-state index contributed by atoms with van der Waals surface area (Å²) < 4.78 is 6.76. The van der Waals surface area contributed by atoms with Gasteiger partial charge in [0.05, 0.1) is 0 Å². The van der Waals surface area contributed by atoms with Crippen LogP contribution in [0.4, 0.5) is 0 Å². The standard InChI is InChI=1S/C44H26O/c1-3-14-29-27(12-1)24-25-32-31(29)21-11-22-34(32)41-35-17-5-7-19-37(35)42(38-20-8-6-18-36(38)41)43-30-15-4-2-13-28(30)26-39-33-16-9-10-23-40(33)45-44(39)43/h1-26H. The molecule has 9 aromatic carbocycles. The number of para-hydroxylation sites is 1. The van der Waals surface area contributed by atoms with E-state index in [1.54, 1.807) is 0 Å². The van der Waals surface area contributed by atoms with Crippen molar-refractivity contribution in [2.45, 2.75) is 0 Å². The second-order valence-electron chi connectivity index (χ2n) is 12.0. The fourth-order valence-electron chi connectivity index (χ4n) is 7.72. The van der Waals surface area contributed by atoms with Crippen molar-refractivity contribution in [3.8, 4) is 22.3 Å². The highest BCUT2D eigenvalue weighted by molar-refractivity contribution is 6.29. The van der Waals surface area contributed by atoms with E-state index in [2.05, 4.69) is 158 Å². The van der Waals surface area contributed by atoms with Crippen LogP contribution in [0.1, 0.15) is 0 Å². The summed E-state index contributed by atoms with van der Waals surface area (Å²) in [6.07, 6.45) is 0. The summed E-state index contributed by atoms with van der Waals surface area (Å²) in [5.41, 5.74) is 6.75. The molecule has 1 nitrogen and oxygen atoms in total. The highest BCUT2D eigenvalue weighted by atomic mass is 16.3. The first kappa shape index (κ1) is 24.5. The van der Waals surface area contributed by atoms with Crippen LogP contribution in [0.5, 0.6) is 0 Å². The lowest BCUT2D eigenvalue weighted by Crippen LogP contribution is -1.93. The third-order valence-corrected chi connectivity index (χ3v) is 9.63. The van der Waals surface area contributed by atoms with E-state index in [9.17, 15) is 0 Å². The van der Waals surface area contributed by atoms with Gasteiger partial charge in [-0.15, -0.1) is 0 Å². The van der Waals surface area contributed by atoms with Gasteiger partial charge in [0, 0.05) is 21.9 Å². The molecule has 1 aromatic heterocycles. The molecule has 0 saturated heterocycles. The molecule has 0 bridgehead atoms. The predicted molar refractivity (Wildman–Crippen MR) is 192 cm³/mol. The van der Waals surface area contributed by atoms with Crippen LogP contribution >= 0.6 is 0 Å². The Labute approximate surface area is 259 Å². The molecular weight excluding hydrogens is 544 g/mol. The summed E-state index contributed by atoms with van der Waals surface area (Å²) in [4.78, 5) is 0. The molecule has 208 valence electrons. The molecule has 0 unspecified atom stereocenters. The molecule has 0 aliphatic rings. The van der Waals surface area contributed by atoms with Crippen LogP contribution in [-0.2, 0) is 0 Å². The van der Waals surface area contributed by atoms with E-state index in [0.717, 1.165) is 27.5 Å². The molecule has 0 fully saturated rings. The maximum absolute atomic E-state index is 6.76. The Hall–Kier alpha value is -5.92. The van der Waals surface area contributed by atoms with Crippen molar-refractivity contribution < 1.29 is 4.42 Å². The summed E-state index contributed by atoms with van der Waals surface area (Å²) in [6, 6.07) is 57.3. The minimum absolute atomic E-state index is 0.914. The zero-order valence-electron chi connectivity index (χ0n) is 24.4. The molecule has 0 radical (unpaired) electrons. The highest BCUT2D eigenvalue weighted by Crippen LogP contribution is 2.49. The predicted octanol–water partition coefficient (Wildman–Crippen LogP) is 12.7. The quantitative estimate of drug-likeness (QED) is 0.149. The fourth-order valence-corrected chi connectivity index (χ4v) is 7.72. The summed E-state index contributed by atoms with van der Waals surface area (Å²) in [5.74, 6) is 0. The molecule has 0 aliphatic heterocycles. The van der Waals surface area contributed by atoms with Crippen molar-refractivity contribution in [1.82, 2.24) is 0 Å². The van der Waals surface area contributed by atoms with Gasteiger partial charge in [0.2, 0.25) is 0 Å².